The van der Waals surface area contributed by atoms with Gasteiger partial charge in [-0.15, -0.1) is 0 Å². The Morgan fingerprint density at radius 1 is 1.18 bits per heavy atom. The van der Waals surface area contributed by atoms with E-state index in [9.17, 15) is 9.59 Å². The van der Waals surface area contributed by atoms with Crippen LogP contribution < -0.4 is 16.8 Å². The summed E-state index contributed by atoms with van der Waals surface area (Å²) < 4.78 is 4.90. The van der Waals surface area contributed by atoms with Crippen molar-refractivity contribution in [3.63, 3.8) is 0 Å². The molecule has 0 aliphatic rings. The summed E-state index contributed by atoms with van der Waals surface area (Å²) in [6, 6.07) is 10.9. The second-order valence-electron chi connectivity index (χ2n) is 5.85. The molecule has 0 aliphatic heterocycles. The molecule has 0 aromatic heterocycles. The highest BCUT2D eigenvalue weighted by Gasteiger charge is 2.17. The van der Waals surface area contributed by atoms with E-state index >= 15 is 0 Å². The SMILES string of the molecule is CCOC(=O)C(N)c1ccc(C(=O)Nc2cc(/C=C/C=C\S)ccc2N)cc1. The average Bonchev–Trinajstić information content (AvgIpc) is 2.70. The molecule has 0 heterocycles. The second kappa shape index (κ2) is 10.3. The number of amides is 1. The van der Waals surface area contributed by atoms with E-state index in [0.717, 1.165) is 5.56 Å². The van der Waals surface area contributed by atoms with Crippen molar-refractivity contribution in [1.29, 1.82) is 0 Å². The summed E-state index contributed by atoms with van der Waals surface area (Å²) in [6.45, 7) is 1.97. The van der Waals surface area contributed by atoms with Crippen molar-refractivity contribution in [2.24, 2.45) is 5.73 Å². The fraction of sp³-hybridized carbons (Fsp3) is 0.143. The van der Waals surface area contributed by atoms with Crippen LogP contribution in [-0.2, 0) is 9.53 Å². The van der Waals surface area contributed by atoms with Gasteiger partial charge >= 0.3 is 5.97 Å². The lowest BCUT2D eigenvalue weighted by Gasteiger charge is -2.12. The van der Waals surface area contributed by atoms with E-state index in [2.05, 4.69) is 17.9 Å². The van der Waals surface area contributed by atoms with Crippen molar-refractivity contribution < 1.29 is 14.3 Å². The lowest BCUT2D eigenvalue weighted by atomic mass is 10.0. The molecule has 0 aliphatic carbocycles. The van der Waals surface area contributed by atoms with Crippen molar-refractivity contribution in [2.75, 3.05) is 17.7 Å². The molecule has 1 amide bonds. The zero-order valence-corrected chi connectivity index (χ0v) is 16.4. The minimum Gasteiger partial charge on any atom is -0.465 e. The molecule has 2 aromatic carbocycles. The van der Waals surface area contributed by atoms with Crippen LogP contribution in [0.25, 0.3) is 6.08 Å². The maximum Gasteiger partial charge on any atom is 0.327 e. The van der Waals surface area contributed by atoms with E-state index in [4.69, 9.17) is 16.2 Å². The number of rotatable bonds is 7. The zero-order chi connectivity index (χ0) is 20.5. The first-order valence-electron chi connectivity index (χ1n) is 8.66. The largest absolute Gasteiger partial charge is 0.465 e. The highest BCUT2D eigenvalue weighted by molar-refractivity contribution is 7.83. The van der Waals surface area contributed by atoms with Crippen LogP contribution in [0.2, 0.25) is 0 Å². The summed E-state index contributed by atoms with van der Waals surface area (Å²) in [4.78, 5) is 24.2. The smallest absolute Gasteiger partial charge is 0.327 e. The van der Waals surface area contributed by atoms with E-state index in [1.807, 2.05) is 18.2 Å². The number of allylic oxidation sites excluding steroid dienone is 2. The van der Waals surface area contributed by atoms with Crippen molar-refractivity contribution in [3.05, 3.63) is 76.7 Å². The number of nitrogens with two attached hydrogens (primary N) is 2. The first-order chi connectivity index (χ1) is 13.5. The molecule has 1 atom stereocenters. The third-order valence-electron chi connectivity index (χ3n) is 3.88. The van der Waals surface area contributed by atoms with Gasteiger partial charge in [0.05, 0.1) is 18.0 Å². The summed E-state index contributed by atoms with van der Waals surface area (Å²) in [7, 11) is 0. The number of nitrogens with one attached hydrogen (secondary N) is 1. The number of anilines is 2. The number of hydrogen-bond donors (Lipinski definition) is 4. The molecule has 0 saturated heterocycles. The number of carbonyl (C=O) groups is 2. The molecule has 6 nitrogen and oxygen atoms in total. The fourth-order valence-corrected chi connectivity index (χ4v) is 2.51. The minimum atomic E-state index is -0.887. The van der Waals surface area contributed by atoms with Crippen LogP contribution in [0.15, 0.2) is 60.0 Å². The first-order valence-corrected chi connectivity index (χ1v) is 9.18. The predicted molar refractivity (Wildman–Crippen MR) is 116 cm³/mol. The maximum atomic E-state index is 12.5. The Morgan fingerprint density at radius 3 is 2.54 bits per heavy atom. The van der Waals surface area contributed by atoms with Gasteiger partial charge in [0.1, 0.15) is 6.04 Å². The first kappa shape index (κ1) is 21.3. The highest BCUT2D eigenvalue weighted by atomic mass is 32.1. The van der Waals surface area contributed by atoms with E-state index in [1.165, 1.54) is 0 Å². The van der Waals surface area contributed by atoms with Gasteiger partial charge in [-0.1, -0.05) is 36.4 Å². The number of ether oxygens (including phenoxy) is 1. The molecule has 0 fully saturated rings. The monoisotopic (exact) mass is 397 g/mol. The summed E-state index contributed by atoms with van der Waals surface area (Å²) >= 11 is 3.99. The van der Waals surface area contributed by atoms with Gasteiger partial charge in [0.25, 0.3) is 5.91 Å². The van der Waals surface area contributed by atoms with E-state index in [0.29, 0.717) is 22.5 Å². The van der Waals surface area contributed by atoms with E-state index in [1.54, 1.807) is 54.8 Å². The molecule has 0 saturated carbocycles. The Hall–Kier alpha value is -3.03. The molecule has 0 bridgehead atoms. The van der Waals surface area contributed by atoms with Crippen molar-refractivity contribution in [2.45, 2.75) is 13.0 Å². The van der Waals surface area contributed by atoms with Gasteiger partial charge in [-0.05, 0) is 47.7 Å². The van der Waals surface area contributed by atoms with Crippen LogP contribution in [0.3, 0.4) is 0 Å². The number of hydrogen-bond acceptors (Lipinski definition) is 6. The molecule has 146 valence electrons. The Kier molecular flexibility index (Phi) is 7.86. The number of carbonyl (C=O) groups excluding carboxylic acids is 2. The lowest BCUT2D eigenvalue weighted by Crippen LogP contribution is -2.23. The van der Waals surface area contributed by atoms with Crippen LogP contribution in [0.5, 0.6) is 0 Å². The molecule has 1 unspecified atom stereocenters. The molecular formula is C21H23N3O3S. The summed E-state index contributed by atoms with van der Waals surface area (Å²) in [5.74, 6) is -0.829. The summed E-state index contributed by atoms with van der Waals surface area (Å²) in [5, 5.41) is 4.41. The van der Waals surface area contributed by atoms with Gasteiger partial charge in [0.15, 0.2) is 0 Å². The Bertz CT molecular complexity index is 892. The molecule has 0 radical (unpaired) electrons. The normalized spacial score (nSPS) is 12.2. The van der Waals surface area contributed by atoms with Crippen LogP contribution in [-0.4, -0.2) is 18.5 Å². The van der Waals surface area contributed by atoms with Crippen LogP contribution in [0.4, 0.5) is 11.4 Å². The number of nitrogen functional groups attached to an aromatic ring is 1. The van der Waals surface area contributed by atoms with Gasteiger partial charge in [-0.3, -0.25) is 4.79 Å². The summed E-state index contributed by atoms with van der Waals surface area (Å²) in [6.07, 6.45) is 5.48. The van der Waals surface area contributed by atoms with Gasteiger partial charge in [0.2, 0.25) is 0 Å². The Morgan fingerprint density at radius 2 is 1.89 bits per heavy atom. The second-order valence-corrected chi connectivity index (χ2v) is 6.15. The molecule has 28 heavy (non-hydrogen) atoms. The van der Waals surface area contributed by atoms with Gasteiger partial charge in [0, 0.05) is 5.56 Å². The van der Waals surface area contributed by atoms with Crippen LogP contribution >= 0.6 is 12.6 Å². The average molecular weight is 398 g/mol. The molecule has 2 aromatic rings. The standard InChI is InChI=1S/C21H23N3O3S/c1-2-27-21(26)19(23)15-7-9-16(10-8-15)20(25)24-18-13-14(5-3-4-12-28)6-11-17(18)22/h3-13,19,28H,2,22-23H2,1H3,(H,24,25)/b5-3+,12-4-. The van der Waals surface area contributed by atoms with Gasteiger partial charge < -0.3 is 21.5 Å². The molecule has 7 heteroatoms. The maximum absolute atomic E-state index is 12.5. The molecule has 2 rings (SSSR count). The molecule has 0 spiro atoms. The fourth-order valence-electron chi connectivity index (χ4n) is 2.41. The van der Waals surface area contributed by atoms with Crippen LogP contribution in [0.1, 0.15) is 34.5 Å². The topological polar surface area (TPSA) is 107 Å². The zero-order valence-electron chi connectivity index (χ0n) is 15.5. The van der Waals surface area contributed by atoms with Crippen molar-refractivity contribution >= 4 is 42.0 Å². The highest BCUT2D eigenvalue weighted by Crippen LogP contribution is 2.22. The molecule has 5 N–H and O–H groups in total. The number of benzene rings is 2. The third-order valence-corrected chi connectivity index (χ3v) is 4.06. The Balaban J connectivity index is 2.12. The van der Waals surface area contributed by atoms with Crippen molar-refractivity contribution in [3.8, 4) is 0 Å². The predicted octanol–water partition coefficient (Wildman–Crippen LogP) is 3.54. The minimum absolute atomic E-state index is 0.258. The lowest BCUT2D eigenvalue weighted by molar-refractivity contribution is -0.144. The van der Waals surface area contributed by atoms with E-state index in [-0.39, 0.29) is 12.5 Å². The number of thiol groups is 1. The third kappa shape index (κ3) is 5.73. The van der Waals surface area contributed by atoms with E-state index < -0.39 is 12.0 Å². The quantitative estimate of drug-likeness (QED) is 0.247. The number of esters is 1. The van der Waals surface area contributed by atoms with Crippen molar-refractivity contribution in [1.82, 2.24) is 0 Å². The molecular weight excluding hydrogens is 374 g/mol. The summed E-state index contributed by atoms with van der Waals surface area (Å²) in [5.41, 5.74) is 14.6. The van der Waals surface area contributed by atoms with Gasteiger partial charge in [-0.2, -0.15) is 12.6 Å². The Labute approximate surface area is 169 Å². The van der Waals surface area contributed by atoms with Crippen LogP contribution in [0, 0.1) is 0 Å². The van der Waals surface area contributed by atoms with Gasteiger partial charge in [-0.25, -0.2) is 4.79 Å².